The number of nitrogens with zero attached hydrogens (tertiary/aromatic N) is 8. The number of aliphatic hydroxyl groups excluding tert-OH is 2. The first kappa shape index (κ1) is 45.3. The first-order chi connectivity index (χ1) is 31.2. The summed E-state index contributed by atoms with van der Waals surface area (Å²) in [4.78, 5) is 77.9. The molecule has 340 valence electrons. The highest BCUT2D eigenvalue weighted by Crippen LogP contribution is 2.26. The minimum absolute atomic E-state index is 0.0160. The maximum Gasteiger partial charge on any atom is 0.287 e. The van der Waals surface area contributed by atoms with Crippen LogP contribution in [0, 0.1) is 0 Å². The molecule has 2 amide bonds. The van der Waals surface area contributed by atoms with E-state index in [1.54, 1.807) is 21.5 Å². The number of aromatic nitrogens is 10. The van der Waals surface area contributed by atoms with Crippen LogP contribution in [0.5, 0.6) is 0 Å². The van der Waals surface area contributed by atoms with Gasteiger partial charge in [-0.3, -0.25) is 19.2 Å². The van der Waals surface area contributed by atoms with Crippen LogP contribution in [0.25, 0.3) is 56.4 Å². The SMILES string of the molecule is CC(C)(CCOC(C)(C)CCNC(=O)CSc1nc2c(=O)n3cc(-c4ccccc4)[nH]c3nc2n1CCO)NC(=O)CSc1nc2c(=O)n3cc(-c4ccccc4)[nH]c3nc2n1CCO. The Morgan fingerprint density at radius 2 is 1.17 bits per heavy atom. The average molecular weight is 923 g/mol. The van der Waals surface area contributed by atoms with E-state index in [1.807, 2.05) is 88.4 Å². The number of aromatic amines is 2. The van der Waals surface area contributed by atoms with Crippen LogP contribution in [-0.4, -0.2) is 119 Å². The standard InChI is InChI=1S/C44H50N12O7S2/c1-43(2,52-32(60)26-65-42-49-34-36(54(42)19-21-58)51-40-47-30(24-56(40)38(34)62)28-13-9-6-10-14-28)16-22-63-44(3,4)15-17-45-31(59)25-64-41-48-33-35(53(41)18-20-57)50-39-46-29(23-55(39)37(33)61)27-11-7-5-8-12-27/h5-14,23-24,57-58H,15-22,25-26H2,1-4H3,(H,45,59)(H,46,50)(H,47,51)(H,52,60). The Kier molecular flexibility index (Phi) is 13.3. The Hall–Kier alpha value is -6.26. The van der Waals surface area contributed by atoms with Gasteiger partial charge in [-0.15, -0.1) is 0 Å². The maximum atomic E-state index is 13.5. The van der Waals surface area contributed by atoms with Crippen molar-refractivity contribution < 1.29 is 24.5 Å². The summed E-state index contributed by atoms with van der Waals surface area (Å²) < 4.78 is 12.3. The van der Waals surface area contributed by atoms with Crippen molar-refractivity contribution in [2.24, 2.45) is 0 Å². The van der Waals surface area contributed by atoms with E-state index in [4.69, 9.17) is 4.74 Å². The van der Waals surface area contributed by atoms with E-state index in [2.05, 4.69) is 40.5 Å². The number of amides is 2. The number of nitrogens with one attached hydrogen (secondary N) is 4. The van der Waals surface area contributed by atoms with Crippen molar-refractivity contribution in [3.63, 3.8) is 0 Å². The first-order valence-electron chi connectivity index (χ1n) is 21.1. The van der Waals surface area contributed by atoms with Crippen LogP contribution in [0.1, 0.15) is 40.5 Å². The lowest BCUT2D eigenvalue weighted by Crippen LogP contribution is -2.45. The molecule has 6 heterocycles. The van der Waals surface area contributed by atoms with Crippen LogP contribution in [0.3, 0.4) is 0 Å². The molecule has 8 rings (SSSR count). The Morgan fingerprint density at radius 1 is 0.692 bits per heavy atom. The molecule has 21 heteroatoms. The smallest absolute Gasteiger partial charge is 0.287 e. The van der Waals surface area contributed by atoms with Gasteiger partial charge in [0.25, 0.3) is 11.1 Å². The molecule has 0 aliphatic carbocycles. The minimum Gasteiger partial charge on any atom is -0.395 e. The molecule has 19 nitrogen and oxygen atoms in total. The van der Waals surface area contributed by atoms with E-state index in [9.17, 15) is 29.4 Å². The minimum atomic E-state index is -0.619. The summed E-state index contributed by atoms with van der Waals surface area (Å²) in [5.74, 6) is 0.255. The topological polar surface area (TPSA) is 244 Å². The van der Waals surface area contributed by atoms with Gasteiger partial charge in [-0.25, -0.2) is 18.8 Å². The highest BCUT2D eigenvalue weighted by atomic mass is 32.2. The summed E-state index contributed by atoms with van der Waals surface area (Å²) in [6, 6.07) is 19.2. The molecule has 0 radical (unpaired) electrons. The Labute approximate surface area is 380 Å². The van der Waals surface area contributed by atoms with E-state index in [0.717, 1.165) is 46.0 Å². The van der Waals surface area contributed by atoms with Gasteiger partial charge < -0.3 is 44.7 Å². The fourth-order valence-corrected chi connectivity index (χ4v) is 9.04. The van der Waals surface area contributed by atoms with Crippen molar-refractivity contribution in [3.8, 4) is 22.5 Å². The molecule has 0 aliphatic rings. The van der Waals surface area contributed by atoms with Gasteiger partial charge in [0.1, 0.15) is 0 Å². The number of aliphatic hydroxyl groups is 2. The van der Waals surface area contributed by atoms with Crippen LogP contribution in [0.15, 0.2) is 93.0 Å². The molecule has 0 unspecified atom stereocenters. The third-order valence-corrected chi connectivity index (χ3v) is 12.7. The highest BCUT2D eigenvalue weighted by molar-refractivity contribution is 8.00. The number of ether oxygens (including phenoxy) is 1. The van der Waals surface area contributed by atoms with Gasteiger partial charge in [0.05, 0.1) is 41.7 Å². The molecule has 0 saturated carbocycles. The average Bonchev–Trinajstić information content (AvgIpc) is 4.07. The summed E-state index contributed by atoms with van der Waals surface area (Å²) >= 11 is 2.31. The molecule has 65 heavy (non-hydrogen) atoms. The lowest BCUT2D eigenvalue weighted by atomic mass is 10.0. The summed E-state index contributed by atoms with van der Waals surface area (Å²) in [7, 11) is 0. The predicted octanol–water partition coefficient (Wildman–Crippen LogP) is 3.85. The second-order valence-corrected chi connectivity index (χ2v) is 18.5. The van der Waals surface area contributed by atoms with Gasteiger partial charge in [0, 0.05) is 44.2 Å². The van der Waals surface area contributed by atoms with Crippen molar-refractivity contribution >= 4 is 69.2 Å². The molecule has 8 aromatic rings. The third-order valence-electron chi connectivity index (χ3n) is 10.8. The molecule has 2 aromatic carbocycles. The quantitative estimate of drug-likeness (QED) is 0.0596. The van der Waals surface area contributed by atoms with Gasteiger partial charge in [-0.2, -0.15) is 9.97 Å². The second-order valence-electron chi connectivity index (χ2n) is 16.6. The molecule has 0 bridgehead atoms. The number of carbonyl (C=O) groups is 2. The van der Waals surface area contributed by atoms with Crippen molar-refractivity contribution in [2.75, 3.05) is 37.9 Å². The van der Waals surface area contributed by atoms with E-state index >= 15 is 0 Å². The predicted molar refractivity (Wildman–Crippen MR) is 249 cm³/mol. The molecule has 0 saturated heterocycles. The van der Waals surface area contributed by atoms with Crippen LogP contribution < -0.4 is 21.8 Å². The summed E-state index contributed by atoms with van der Waals surface area (Å²) in [6.45, 7) is 8.24. The second kappa shape index (κ2) is 19.1. The largest absolute Gasteiger partial charge is 0.395 e. The molecular weight excluding hydrogens is 873 g/mol. The molecule has 0 aliphatic heterocycles. The molecule has 6 N–H and O–H groups in total. The van der Waals surface area contributed by atoms with Gasteiger partial charge in [-0.1, -0.05) is 84.2 Å². The highest BCUT2D eigenvalue weighted by Gasteiger charge is 2.26. The fourth-order valence-electron chi connectivity index (χ4n) is 7.37. The molecule has 0 fully saturated rings. The van der Waals surface area contributed by atoms with Gasteiger partial charge in [0.2, 0.25) is 23.4 Å². The lowest BCUT2D eigenvalue weighted by molar-refractivity contribution is -0.120. The number of rotatable bonds is 20. The summed E-state index contributed by atoms with van der Waals surface area (Å²) in [6.07, 6.45) is 4.39. The van der Waals surface area contributed by atoms with Crippen molar-refractivity contribution in [1.82, 2.24) is 58.5 Å². The monoisotopic (exact) mass is 922 g/mol. The number of fused-ring (bicyclic) bond motifs is 4. The number of hydrogen-bond acceptors (Lipinski definition) is 13. The number of benzene rings is 2. The van der Waals surface area contributed by atoms with Crippen LogP contribution in [0.4, 0.5) is 0 Å². The van der Waals surface area contributed by atoms with E-state index in [1.165, 1.54) is 8.80 Å². The van der Waals surface area contributed by atoms with Crippen LogP contribution >= 0.6 is 23.5 Å². The molecule has 6 aromatic heterocycles. The Balaban J connectivity index is 0.801. The first-order valence-corrected chi connectivity index (χ1v) is 23.0. The maximum absolute atomic E-state index is 13.5. The Morgan fingerprint density at radius 3 is 1.65 bits per heavy atom. The van der Waals surface area contributed by atoms with E-state index < -0.39 is 11.1 Å². The molecule has 0 atom stereocenters. The van der Waals surface area contributed by atoms with Crippen molar-refractivity contribution in [3.05, 3.63) is 93.8 Å². The summed E-state index contributed by atoms with van der Waals surface area (Å²) in [5, 5.41) is 26.5. The fraction of sp³-hybridized carbons (Fsp3) is 0.364. The molecule has 0 spiro atoms. The zero-order valence-corrected chi connectivity index (χ0v) is 38.0. The van der Waals surface area contributed by atoms with Crippen LogP contribution in [0.2, 0.25) is 0 Å². The number of imidazole rings is 4. The lowest BCUT2D eigenvalue weighted by Gasteiger charge is -2.30. The van der Waals surface area contributed by atoms with Crippen molar-refractivity contribution in [2.45, 2.75) is 75.1 Å². The van der Waals surface area contributed by atoms with Gasteiger partial charge >= 0.3 is 0 Å². The summed E-state index contributed by atoms with van der Waals surface area (Å²) in [5.41, 5.74) is 2.23. The number of carbonyl (C=O) groups excluding carboxylic acids is 2. The zero-order valence-electron chi connectivity index (χ0n) is 36.3. The normalized spacial score (nSPS) is 12.3. The third kappa shape index (κ3) is 10.0. The van der Waals surface area contributed by atoms with Crippen molar-refractivity contribution in [1.29, 1.82) is 0 Å². The number of hydrogen-bond donors (Lipinski definition) is 6. The molecular formula is C44H50N12O7S2. The van der Waals surface area contributed by atoms with E-state index in [-0.39, 0.29) is 71.8 Å². The van der Waals surface area contributed by atoms with E-state index in [0.29, 0.717) is 59.2 Å². The number of H-pyrrole nitrogens is 2. The Bertz CT molecular complexity index is 3120. The van der Waals surface area contributed by atoms with Gasteiger partial charge in [0.15, 0.2) is 32.6 Å². The van der Waals surface area contributed by atoms with Gasteiger partial charge in [-0.05, 0) is 51.7 Å². The zero-order chi connectivity index (χ0) is 45.9. The number of thioether (sulfide) groups is 2. The van der Waals surface area contributed by atoms with Crippen LogP contribution in [-0.2, 0) is 27.4 Å².